The molecule has 20 heavy (non-hydrogen) atoms. The number of carbonyl (C=O) groups is 1. The van der Waals surface area contributed by atoms with Crippen molar-refractivity contribution in [3.05, 3.63) is 53.1 Å². The molecule has 2 aromatic rings. The lowest BCUT2D eigenvalue weighted by molar-refractivity contribution is 0.102. The van der Waals surface area contributed by atoms with E-state index in [1.54, 1.807) is 0 Å². The summed E-state index contributed by atoms with van der Waals surface area (Å²) in [5.41, 5.74) is 11.6. The van der Waals surface area contributed by atoms with E-state index in [1.165, 1.54) is 31.2 Å². The average Bonchev–Trinajstić information content (AvgIpc) is 2.38. The molecule has 0 aliphatic heterocycles. The van der Waals surface area contributed by atoms with Crippen LogP contribution in [0.3, 0.4) is 0 Å². The van der Waals surface area contributed by atoms with Gasteiger partial charge in [0.15, 0.2) is 5.82 Å². The Labute approximate surface area is 114 Å². The predicted octanol–water partition coefficient (Wildman–Crippen LogP) is 2.69. The zero-order valence-electron chi connectivity index (χ0n) is 10.7. The fourth-order valence-electron chi connectivity index (χ4n) is 1.76. The SMILES string of the molecule is Cc1ccc(F)c(NC(=O)c2cc(N)cc(N)c2)c1F. The van der Waals surface area contributed by atoms with Gasteiger partial charge in [-0.15, -0.1) is 0 Å². The smallest absolute Gasteiger partial charge is 0.255 e. The van der Waals surface area contributed by atoms with Crippen molar-refractivity contribution < 1.29 is 13.6 Å². The maximum Gasteiger partial charge on any atom is 0.255 e. The highest BCUT2D eigenvalue weighted by Gasteiger charge is 2.15. The standard InChI is InChI=1S/C14H13F2N3O/c1-7-2-3-11(15)13(12(7)16)19-14(20)8-4-9(17)6-10(18)5-8/h2-6H,17-18H2,1H3,(H,19,20). The zero-order valence-corrected chi connectivity index (χ0v) is 10.7. The molecule has 0 atom stereocenters. The summed E-state index contributed by atoms with van der Waals surface area (Å²) >= 11 is 0. The molecular formula is C14H13F2N3O. The summed E-state index contributed by atoms with van der Waals surface area (Å²) in [5.74, 6) is -2.35. The second-order valence-electron chi connectivity index (χ2n) is 4.40. The molecule has 0 radical (unpaired) electrons. The van der Waals surface area contributed by atoms with Gasteiger partial charge in [0.25, 0.3) is 5.91 Å². The van der Waals surface area contributed by atoms with E-state index >= 15 is 0 Å². The Hall–Kier alpha value is -2.63. The van der Waals surface area contributed by atoms with Gasteiger partial charge in [-0.2, -0.15) is 0 Å². The summed E-state index contributed by atoms with van der Waals surface area (Å²) < 4.78 is 27.4. The maximum atomic E-state index is 13.8. The van der Waals surface area contributed by atoms with Crippen LogP contribution in [0.25, 0.3) is 0 Å². The Morgan fingerprint density at radius 1 is 1.10 bits per heavy atom. The number of halogens is 2. The fourth-order valence-corrected chi connectivity index (χ4v) is 1.76. The summed E-state index contributed by atoms with van der Waals surface area (Å²) in [4.78, 5) is 12.0. The van der Waals surface area contributed by atoms with Crippen molar-refractivity contribution in [2.75, 3.05) is 16.8 Å². The van der Waals surface area contributed by atoms with Crippen LogP contribution in [0.2, 0.25) is 0 Å². The largest absolute Gasteiger partial charge is 0.399 e. The van der Waals surface area contributed by atoms with E-state index in [4.69, 9.17) is 11.5 Å². The number of rotatable bonds is 2. The molecule has 0 aromatic heterocycles. The van der Waals surface area contributed by atoms with E-state index in [-0.39, 0.29) is 11.1 Å². The third-order valence-electron chi connectivity index (χ3n) is 2.76. The minimum Gasteiger partial charge on any atom is -0.399 e. The van der Waals surface area contributed by atoms with Crippen LogP contribution >= 0.6 is 0 Å². The first-order valence-corrected chi connectivity index (χ1v) is 5.80. The minimum atomic E-state index is -0.849. The third kappa shape index (κ3) is 2.69. The molecular weight excluding hydrogens is 264 g/mol. The van der Waals surface area contributed by atoms with E-state index in [0.717, 1.165) is 6.07 Å². The monoisotopic (exact) mass is 277 g/mol. The van der Waals surface area contributed by atoms with Gasteiger partial charge < -0.3 is 16.8 Å². The van der Waals surface area contributed by atoms with Crippen LogP contribution in [0.15, 0.2) is 30.3 Å². The Morgan fingerprint density at radius 2 is 1.70 bits per heavy atom. The quantitative estimate of drug-likeness (QED) is 0.738. The highest BCUT2D eigenvalue weighted by molar-refractivity contribution is 6.05. The third-order valence-corrected chi connectivity index (χ3v) is 2.76. The van der Waals surface area contributed by atoms with Crippen molar-refractivity contribution in [2.45, 2.75) is 6.92 Å². The van der Waals surface area contributed by atoms with E-state index in [0.29, 0.717) is 11.4 Å². The first-order valence-electron chi connectivity index (χ1n) is 5.80. The summed E-state index contributed by atoms with van der Waals surface area (Å²) in [6.45, 7) is 1.48. The summed E-state index contributed by atoms with van der Waals surface area (Å²) in [5, 5.41) is 2.19. The molecule has 0 spiro atoms. The second-order valence-corrected chi connectivity index (χ2v) is 4.40. The van der Waals surface area contributed by atoms with Gasteiger partial charge in [0.2, 0.25) is 0 Å². The molecule has 0 unspecified atom stereocenters. The molecule has 0 bridgehead atoms. The molecule has 104 valence electrons. The topological polar surface area (TPSA) is 81.1 Å². The number of nitrogen functional groups attached to an aromatic ring is 2. The second kappa shape index (κ2) is 5.16. The molecule has 0 aliphatic rings. The number of aryl methyl sites for hydroxylation is 1. The van der Waals surface area contributed by atoms with Gasteiger partial charge in [-0.05, 0) is 36.8 Å². The normalized spacial score (nSPS) is 10.3. The molecule has 0 saturated heterocycles. The molecule has 5 N–H and O–H groups in total. The number of carbonyl (C=O) groups excluding carboxylic acids is 1. The van der Waals surface area contributed by atoms with Gasteiger partial charge in [-0.3, -0.25) is 4.79 Å². The van der Waals surface area contributed by atoms with E-state index in [2.05, 4.69) is 5.32 Å². The van der Waals surface area contributed by atoms with Gasteiger partial charge in [0.1, 0.15) is 11.5 Å². The number of nitrogens with two attached hydrogens (primary N) is 2. The first kappa shape index (κ1) is 13.8. The lowest BCUT2D eigenvalue weighted by atomic mass is 10.1. The number of hydrogen-bond acceptors (Lipinski definition) is 3. The molecule has 0 heterocycles. The van der Waals surface area contributed by atoms with Crippen molar-refractivity contribution in [1.29, 1.82) is 0 Å². The molecule has 0 saturated carbocycles. The van der Waals surface area contributed by atoms with Crippen molar-refractivity contribution in [3.63, 3.8) is 0 Å². The molecule has 0 fully saturated rings. The summed E-state index contributed by atoms with van der Waals surface area (Å²) in [7, 11) is 0. The number of nitrogens with one attached hydrogen (secondary N) is 1. The lowest BCUT2D eigenvalue weighted by Crippen LogP contribution is -2.15. The van der Waals surface area contributed by atoms with Crippen molar-refractivity contribution >= 4 is 23.0 Å². The molecule has 4 nitrogen and oxygen atoms in total. The lowest BCUT2D eigenvalue weighted by Gasteiger charge is -2.10. The minimum absolute atomic E-state index is 0.128. The summed E-state index contributed by atoms with van der Waals surface area (Å²) in [6, 6.07) is 6.60. The van der Waals surface area contributed by atoms with Gasteiger partial charge in [-0.25, -0.2) is 8.78 Å². The van der Waals surface area contributed by atoms with Crippen molar-refractivity contribution in [2.24, 2.45) is 0 Å². The van der Waals surface area contributed by atoms with Crippen LogP contribution in [0.4, 0.5) is 25.8 Å². The molecule has 1 amide bonds. The Bertz CT molecular complexity index is 666. The highest BCUT2D eigenvalue weighted by Crippen LogP contribution is 2.23. The Balaban J connectivity index is 2.35. The van der Waals surface area contributed by atoms with Crippen LogP contribution in [0, 0.1) is 18.6 Å². The Kier molecular flexibility index (Phi) is 3.56. The van der Waals surface area contributed by atoms with E-state index in [9.17, 15) is 13.6 Å². The average molecular weight is 277 g/mol. The van der Waals surface area contributed by atoms with Crippen LogP contribution in [-0.2, 0) is 0 Å². The van der Waals surface area contributed by atoms with Crippen molar-refractivity contribution in [1.82, 2.24) is 0 Å². The van der Waals surface area contributed by atoms with Gasteiger partial charge >= 0.3 is 0 Å². The van der Waals surface area contributed by atoms with Crippen molar-refractivity contribution in [3.8, 4) is 0 Å². The van der Waals surface area contributed by atoms with Gasteiger partial charge in [0.05, 0.1) is 0 Å². The van der Waals surface area contributed by atoms with Crippen LogP contribution in [0.5, 0.6) is 0 Å². The number of amides is 1. The molecule has 6 heteroatoms. The van der Waals surface area contributed by atoms with Crippen LogP contribution < -0.4 is 16.8 Å². The van der Waals surface area contributed by atoms with Crippen LogP contribution in [0.1, 0.15) is 15.9 Å². The predicted molar refractivity (Wildman–Crippen MR) is 74.3 cm³/mol. The highest BCUT2D eigenvalue weighted by atomic mass is 19.1. The zero-order chi connectivity index (χ0) is 14.9. The number of anilines is 3. The van der Waals surface area contributed by atoms with Crippen LogP contribution in [-0.4, -0.2) is 5.91 Å². The molecule has 0 aliphatic carbocycles. The molecule has 2 aromatic carbocycles. The number of benzene rings is 2. The fraction of sp³-hybridized carbons (Fsp3) is 0.0714. The van der Waals surface area contributed by atoms with E-state index in [1.807, 2.05) is 0 Å². The Morgan fingerprint density at radius 3 is 2.30 bits per heavy atom. The maximum absolute atomic E-state index is 13.8. The number of hydrogen-bond donors (Lipinski definition) is 3. The van der Waals surface area contributed by atoms with Gasteiger partial charge in [-0.1, -0.05) is 6.07 Å². The molecule has 2 rings (SSSR count). The van der Waals surface area contributed by atoms with Gasteiger partial charge in [0, 0.05) is 16.9 Å². The summed E-state index contributed by atoms with van der Waals surface area (Å²) in [6.07, 6.45) is 0. The first-order chi connectivity index (χ1) is 9.38. The van der Waals surface area contributed by atoms with E-state index < -0.39 is 23.2 Å².